The van der Waals surface area contributed by atoms with Gasteiger partial charge in [-0.1, -0.05) is 58.7 Å². The molecule has 0 fully saturated rings. The summed E-state index contributed by atoms with van der Waals surface area (Å²) in [7, 11) is 0. The molecule has 3 rings (SSSR count). The Morgan fingerprint density at radius 3 is 1.90 bits per heavy atom. The molecule has 0 saturated carbocycles. The summed E-state index contributed by atoms with van der Waals surface area (Å²) in [6.45, 7) is 12.8. The van der Waals surface area contributed by atoms with Gasteiger partial charge < -0.3 is 18.6 Å². The maximum Gasteiger partial charge on any atom is 0.383 e. The van der Waals surface area contributed by atoms with E-state index in [-0.39, 0.29) is 23.7 Å². The third-order valence-electron chi connectivity index (χ3n) is 6.53. The zero-order valence-corrected chi connectivity index (χ0v) is 25.6. The Bertz CT molecular complexity index is 1530. The molecule has 0 bridgehead atoms. The molecule has 222 valence electrons. The highest BCUT2D eigenvalue weighted by atomic mass is 16.6. The van der Waals surface area contributed by atoms with Gasteiger partial charge in [-0.2, -0.15) is 0 Å². The third kappa shape index (κ3) is 9.95. The summed E-state index contributed by atoms with van der Waals surface area (Å²) >= 11 is 0. The summed E-state index contributed by atoms with van der Waals surface area (Å²) in [6.07, 6.45) is 12.0. The molecule has 2 aromatic carbocycles. The minimum absolute atomic E-state index is 0.0226. The van der Waals surface area contributed by atoms with Crippen LogP contribution < -0.4 is 19.8 Å². The quantitative estimate of drug-likeness (QED) is 0.109. The topological polar surface area (TPSA) is 75.0 Å². The highest BCUT2D eigenvalue weighted by molar-refractivity contribution is 5.97. The van der Waals surface area contributed by atoms with Crippen LogP contribution in [-0.4, -0.2) is 19.2 Å². The van der Waals surface area contributed by atoms with Gasteiger partial charge in [0.15, 0.2) is 5.75 Å². The van der Waals surface area contributed by atoms with E-state index < -0.39 is 11.6 Å². The molecule has 6 heteroatoms. The number of hydrogen-bond donors (Lipinski definition) is 0. The molecular formula is C36H42O6. The number of fused-ring (bicyclic) bond motifs is 1. The first-order valence-electron chi connectivity index (χ1n) is 14.4. The van der Waals surface area contributed by atoms with E-state index in [9.17, 15) is 9.59 Å². The molecule has 0 aliphatic rings. The fourth-order valence-electron chi connectivity index (χ4n) is 4.16. The summed E-state index contributed by atoms with van der Waals surface area (Å²) in [5.74, 6) is -0.403. The molecule has 0 aliphatic carbocycles. The van der Waals surface area contributed by atoms with Crippen molar-refractivity contribution in [3.05, 3.63) is 111 Å². The minimum Gasteiger partial charge on any atom is -0.489 e. The van der Waals surface area contributed by atoms with Gasteiger partial charge in [-0.3, -0.25) is 0 Å². The Kier molecular flexibility index (Phi) is 12.4. The van der Waals surface area contributed by atoms with Crippen molar-refractivity contribution < 1.29 is 23.4 Å². The average molecular weight is 571 g/mol. The van der Waals surface area contributed by atoms with Crippen LogP contribution in [0.25, 0.3) is 11.0 Å². The number of benzene rings is 2. The molecule has 0 unspecified atom stereocenters. The molecule has 42 heavy (non-hydrogen) atoms. The van der Waals surface area contributed by atoms with Crippen LogP contribution in [0.4, 0.5) is 0 Å². The molecule has 1 aromatic heterocycles. The average Bonchev–Trinajstić information content (AvgIpc) is 2.94. The van der Waals surface area contributed by atoms with E-state index in [1.165, 1.54) is 16.7 Å². The van der Waals surface area contributed by atoms with E-state index in [1.807, 2.05) is 25.1 Å². The van der Waals surface area contributed by atoms with E-state index >= 15 is 0 Å². The second-order valence-corrected chi connectivity index (χ2v) is 10.8. The van der Waals surface area contributed by atoms with E-state index in [2.05, 4.69) is 46.8 Å². The number of allylic oxidation sites excluding steroid dienone is 6. The van der Waals surface area contributed by atoms with Crippen molar-refractivity contribution in [2.24, 2.45) is 0 Å². The number of hydrogen-bond acceptors (Lipinski definition) is 6. The largest absolute Gasteiger partial charge is 0.489 e. The fourth-order valence-corrected chi connectivity index (χ4v) is 4.16. The first kappa shape index (κ1) is 32.2. The molecule has 0 saturated heterocycles. The second kappa shape index (κ2) is 16.2. The normalized spacial score (nSPS) is 11.7. The van der Waals surface area contributed by atoms with Gasteiger partial charge in [-0.15, -0.1) is 0 Å². The van der Waals surface area contributed by atoms with Gasteiger partial charge in [0, 0.05) is 0 Å². The second-order valence-electron chi connectivity index (χ2n) is 10.8. The Labute approximate surface area is 249 Å². The number of rotatable bonds is 14. The van der Waals surface area contributed by atoms with Crippen molar-refractivity contribution in [3.63, 3.8) is 0 Å². The van der Waals surface area contributed by atoms with Crippen LogP contribution in [0.3, 0.4) is 0 Å². The van der Waals surface area contributed by atoms with Gasteiger partial charge in [0.05, 0.1) is 5.56 Å². The van der Waals surface area contributed by atoms with Crippen molar-refractivity contribution in [3.8, 4) is 17.2 Å². The van der Waals surface area contributed by atoms with Crippen molar-refractivity contribution in [1.82, 2.24) is 0 Å². The molecular weight excluding hydrogens is 528 g/mol. The molecule has 0 aliphatic heterocycles. The maximum absolute atomic E-state index is 13.2. The molecule has 1 heterocycles. The van der Waals surface area contributed by atoms with Crippen LogP contribution in [0.2, 0.25) is 0 Å². The van der Waals surface area contributed by atoms with Crippen molar-refractivity contribution in [1.29, 1.82) is 0 Å². The van der Waals surface area contributed by atoms with E-state index in [4.69, 9.17) is 18.6 Å². The van der Waals surface area contributed by atoms with Crippen LogP contribution in [0.1, 0.15) is 77.6 Å². The number of esters is 1. The number of carbonyl (C=O) groups is 1. The van der Waals surface area contributed by atoms with Crippen LogP contribution in [0.15, 0.2) is 104 Å². The van der Waals surface area contributed by atoms with Gasteiger partial charge >= 0.3 is 11.6 Å². The molecule has 3 aromatic rings. The summed E-state index contributed by atoms with van der Waals surface area (Å²) in [4.78, 5) is 26.2. The molecule has 0 spiro atoms. The van der Waals surface area contributed by atoms with E-state index in [0.29, 0.717) is 23.3 Å². The highest BCUT2D eigenvalue weighted by Crippen LogP contribution is 2.39. The summed E-state index contributed by atoms with van der Waals surface area (Å²) < 4.78 is 23.5. The lowest BCUT2D eigenvalue weighted by Crippen LogP contribution is -2.15. The van der Waals surface area contributed by atoms with Crippen molar-refractivity contribution >= 4 is 16.9 Å². The standard InChI is InChI=1S/C36H42O6/c1-25(2)13-10-15-27(5)21-23-39-30-19-12-20-31-32(30)33(42-35(37)29-17-8-7-9-18-29)34(36(38)41-31)40-24-22-28(6)16-11-14-26(3)4/h7-9,12-14,17-22H,10-11,15-16,23-24H2,1-6H3. The molecule has 0 radical (unpaired) electrons. The third-order valence-corrected chi connectivity index (χ3v) is 6.53. The van der Waals surface area contributed by atoms with Crippen LogP contribution in [0, 0.1) is 0 Å². The molecule has 6 nitrogen and oxygen atoms in total. The molecule has 0 amide bonds. The Morgan fingerprint density at radius 1 is 0.714 bits per heavy atom. The lowest BCUT2D eigenvalue weighted by molar-refractivity contribution is 0.0730. The SMILES string of the molecule is CC(C)=CCCC(C)=CCOc1c(OC(=O)c2ccccc2)c2c(OCC=C(C)CCC=C(C)C)cccc2oc1=O. The number of carbonyl (C=O) groups excluding carboxylic acids is 1. The lowest BCUT2D eigenvalue weighted by Gasteiger charge is -2.15. The first-order chi connectivity index (χ1) is 20.2. The maximum atomic E-state index is 13.2. The zero-order chi connectivity index (χ0) is 30.5. The van der Waals surface area contributed by atoms with Crippen LogP contribution >= 0.6 is 0 Å². The van der Waals surface area contributed by atoms with Gasteiger partial charge in [-0.25, -0.2) is 9.59 Å². The zero-order valence-electron chi connectivity index (χ0n) is 25.6. The fraction of sp³-hybridized carbons (Fsp3) is 0.333. The predicted molar refractivity (Wildman–Crippen MR) is 170 cm³/mol. The minimum atomic E-state index is -0.735. The summed E-state index contributed by atoms with van der Waals surface area (Å²) in [5, 5.41) is 0.358. The van der Waals surface area contributed by atoms with Crippen LogP contribution in [0.5, 0.6) is 17.2 Å². The first-order valence-corrected chi connectivity index (χ1v) is 14.4. The van der Waals surface area contributed by atoms with Gasteiger partial charge in [-0.05, 0) is 104 Å². The lowest BCUT2D eigenvalue weighted by atomic mass is 10.1. The summed E-state index contributed by atoms with van der Waals surface area (Å²) in [5.41, 5.74) is 4.72. The molecule has 0 N–H and O–H groups in total. The highest BCUT2D eigenvalue weighted by Gasteiger charge is 2.24. The smallest absolute Gasteiger partial charge is 0.383 e. The van der Waals surface area contributed by atoms with Crippen molar-refractivity contribution in [2.75, 3.05) is 13.2 Å². The number of ether oxygens (including phenoxy) is 3. The van der Waals surface area contributed by atoms with Crippen LogP contribution in [-0.2, 0) is 0 Å². The Balaban J connectivity index is 1.95. The van der Waals surface area contributed by atoms with E-state index in [0.717, 1.165) is 31.3 Å². The van der Waals surface area contributed by atoms with E-state index in [1.54, 1.807) is 42.5 Å². The Morgan fingerprint density at radius 2 is 1.31 bits per heavy atom. The summed E-state index contributed by atoms with van der Waals surface area (Å²) in [6, 6.07) is 13.7. The van der Waals surface area contributed by atoms with Gasteiger partial charge in [0.25, 0.3) is 0 Å². The monoisotopic (exact) mass is 570 g/mol. The van der Waals surface area contributed by atoms with Crippen molar-refractivity contribution in [2.45, 2.75) is 67.2 Å². The Hall–Kier alpha value is -4.32. The molecule has 0 atom stereocenters. The van der Waals surface area contributed by atoms with Gasteiger partial charge in [0.1, 0.15) is 29.9 Å². The van der Waals surface area contributed by atoms with Gasteiger partial charge in [0.2, 0.25) is 5.75 Å². The predicted octanol–water partition coefficient (Wildman–Crippen LogP) is 9.16.